The van der Waals surface area contributed by atoms with E-state index in [9.17, 15) is 14.4 Å². The molecule has 3 heterocycles. The quantitative estimate of drug-likeness (QED) is 0.822. The van der Waals surface area contributed by atoms with Gasteiger partial charge in [0.15, 0.2) is 0 Å². The zero-order valence-electron chi connectivity index (χ0n) is 13.8. The summed E-state index contributed by atoms with van der Waals surface area (Å²) in [5.41, 5.74) is -0.00320. The van der Waals surface area contributed by atoms with Crippen molar-refractivity contribution in [1.29, 1.82) is 0 Å². The zero-order chi connectivity index (χ0) is 17.8. The number of likely N-dealkylation sites (tertiary alicyclic amines) is 1. The normalized spacial score (nSPS) is 15.2. The molecule has 3 rings (SSSR count). The van der Waals surface area contributed by atoms with E-state index in [1.54, 1.807) is 17.0 Å². The predicted molar refractivity (Wildman–Crippen MR) is 87.2 cm³/mol. The standard InChI is InChI=1S/C16H19N5O4/c1-10(22)21-7-4-11(5-8-21)15(23)18-9-13-19-14(20-25-13)12-3-2-6-17-16(12)24/h2-3,6,11H,4-5,7-9H2,1H3,(H,17,24)(H,18,23). The van der Waals surface area contributed by atoms with Crippen molar-refractivity contribution >= 4 is 11.8 Å². The molecule has 0 spiro atoms. The number of hydrogen-bond acceptors (Lipinski definition) is 6. The Kier molecular flexibility index (Phi) is 4.92. The molecule has 0 saturated carbocycles. The number of piperidine rings is 1. The van der Waals surface area contributed by atoms with Crippen LogP contribution >= 0.6 is 0 Å². The Balaban J connectivity index is 1.54. The SMILES string of the molecule is CC(=O)N1CCC(C(=O)NCc2nc(-c3ccc[nH]c3=O)no2)CC1. The number of pyridine rings is 1. The van der Waals surface area contributed by atoms with Crippen LogP contribution in [0.1, 0.15) is 25.7 Å². The van der Waals surface area contributed by atoms with E-state index < -0.39 is 0 Å². The van der Waals surface area contributed by atoms with Gasteiger partial charge in [0.25, 0.3) is 5.56 Å². The Hall–Kier alpha value is -2.97. The average molecular weight is 345 g/mol. The lowest BCUT2D eigenvalue weighted by Crippen LogP contribution is -2.42. The number of carbonyl (C=O) groups is 2. The molecule has 132 valence electrons. The second-order valence-electron chi connectivity index (χ2n) is 5.92. The number of nitrogens with one attached hydrogen (secondary N) is 2. The highest BCUT2D eigenvalue weighted by Gasteiger charge is 2.26. The van der Waals surface area contributed by atoms with Crippen molar-refractivity contribution in [2.75, 3.05) is 13.1 Å². The van der Waals surface area contributed by atoms with Gasteiger partial charge in [0, 0.05) is 32.1 Å². The van der Waals surface area contributed by atoms with E-state index >= 15 is 0 Å². The monoisotopic (exact) mass is 345 g/mol. The van der Waals surface area contributed by atoms with Gasteiger partial charge in [-0.3, -0.25) is 14.4 Å². The molecule has 2 amide bonds. The van der Waals surface area contributed by atoms with Crippen LogP contribution in [0, 0.1) is 5.92 Å². The van der Waals surface area contributed by atoms with Crippen molar-refractivity contribution in [1.82, 2.24) is 25.3 Å². The first kappa shape index (κ1) is 16.9. The van der Waals surface area contributed by atoms with Crippen LogP contribution in [0.5, 0.6) is 0 Å². The topological polar surface area (TPSA) is 121 Å². The van der Waals surface area contributed by atoms with Gasteiger partial charge in [-0.25, -0.2) is 0 Å². The lowest BCUT2D eigenvalue weighted by Gasteiger charge is -2.30. The molecule has 0 radical (unpaired) electrons. The Morgan fingerprint density at radius 2 is 2.16 bits per heavy atom. The Bertz CT molecular complexity index is 820. The fourth-order valence-corrected chi connectivity index (χ4v) is 2.80. The van der Waals surface area contributed by atoms with Crippen LogP contribution < -0.4 is 10.9 Å². The molecular weight excluding hydrogens is 326 g/mol. The van der Waals surface area contributed by atoms with Crippen molar-refractivity contribution in [3.05, 3.63) is 34.6 Å². The van der Waals surface area contributed by atoms with Crippen molar-refractivity contribution in [2.45, 2.75) is 26.3 Å². The number of carbonyl (C=O) groups excluding carboxylic acids is 2. The Morgan fingerprint density at radius 3 is 2.84 bits per heavy atom. The predicted octanol–water partition coefficient (Wildman–Crippen LogP) is 0.300. The smallest absolute Gasteiger partial charge is 0.259 e. The molecule has 9 heteroatoms. The van der Waals surface area contributed by atoms with Crippen molar-refractivity contribution < 1.29 is 14.1 Å². The van der Waals surface area contributed by atoms with Crippen LogP contribution in [0.4, 0.5) is 0 Å². The zero-order valence-corrected chi connectivity index (χ0v) is 13.8. The highest BCUT2D eigenvalue weighted by atomic mass is 16.5. The number of amides is 2. The van der Waals surface area contributed by atoms with E-state index in [1.165, 1.54) is 13.1 Å². The minimum absolute atomic E-state index is 0.0353. The molecular formula is C16H19N5O4. The number of rotatable bonds is 4. The summed E-state index contributed by atoms with van der Waals surface area (Å²) < 4.78 is 5.08. The molecule has 0 bridgehead atoms. The maximum absolute atomic E-state index is 12.2. The van der Waals surface area contributed by atoms with Crippen LogP contribution in [0.25, 0.3) is 11.4 Å². The molecule has 1 aliphatic rings. The molecule has 25 heavy (non-hydrogen) atoms. The highest BCUT2D eigenvalue weighted by molar-refractivity contribution is 5.79. The molecule has 0 aliphatic carbocycles. The van der Waals surface area contributed by atoms with Gasteiger partial charge in [-0.15, -0.1) is 0 Å². The van der Waals surface area contributed by atoms with Gasteiger partial charge >= 0.3 is 0 Å². The fourth-order valence-electron chi connectivity index (χ4n) is 2.80. The van der Waals surface area contributed by atoms with Gasteiger partial charge in [0.05, 0.1) is 12.1 Å². The minimum atomic E-state index is -0.309. The third kappa shape index (κ3) is 3.93. The summed E-state index contributed by atoms with van der Waals surface area (Å²) in [6, 6.07) is 3.26. The van der Waals surface area contributed by atoms with Gasteiger partial charge < -0.3 is 19.7 Å². The second-order valence-corrected chi connectivity index (χ2v) is 5.92. The van der Waals surface area contributed by atoms with Gasteiger partial charge in [0.2, 0.25) is 23.5 Å². The molecule has 2 N–H and O–H groups in total. The van der Waals surface area contributed by atoms with Crippen molar-refractivity contribution in [3.8, 4) is 11.4 Å². The molecule has 2 aromatic heterocycles. The largest absolute Gasteiger partial charge is 0.347 e. The number of aromatic nitrogens is 3. The van der Waals surface area contributed by atoms with Gasteiger partial charge in [-0.05, 0) is 25.0 Å². The van der Waals surface area contributed by atoms with E-state index in [0.717, 1.165) is 0 Å². The van der Waals surface area contributed by atoms with Crippen molar-refractivity contribution in [2.24, 2.45) is 5.92 Å². The molecule has 2 aromatic rings. The minimum Gasteiger partial charge on any atom is -0.347 e. The van der Waals surface area contributed by atoms with Crippen LogP contribution in [0.3, 0.4) is 0 Å². The van der Waals surface area contributed by atoms with E-state index in [1.807, 2.05) is 0 Å². The molecule has 0 atom stereocenters. The number of hydrogen-bond donors (Lipinski definition) is 2. The highest BCUT2D eigenvalue weighted by Crippen LogP contribution is 2.17. The molecule has 0 unspecified atom stereocenters. The second kappa shape index (κ2) is 7.29. The summed E-state index contributed by atoms with van der Waals surface area (Å²) >= 11 is 0. The van der Waals surface area contributed by atoms with Crippen LogP contribution in [-0.4, -0.2) is 44.9 Å². The summed E-state index contributed by atoms with van der Waals surface area (Å²) in [6.07, 6.45) is 2.80. The lowest BCUT2D eigenvalue weighted by molar-refractivity contribution is -0.134. The summed E-state index contributed by atoms with van der Waals surface area (Å²) in [5.74, 6) is 0.220. The van der Waals surface area contributed by atoms with Crippen LogP contribution in [-0.2, 0) is 16.1 Å². The third-order valence-electron chi connectivity index (χ3n) is 4.25. The molecule has 0 aromatic carbocycles. The Labute approximate surface area is 143 Å². The first-order valence-corrected chi connectivity index (χ1v) is 8.08. The molecule has 9 nitrogen and oxygen atoms in total. The number of aromatic amines is 1. The number of H-pyrrole nitrogens is 1. The molecule has 1 saturated heterocycles. The lowest BCUT2D eigenvalue weighted by atomic mass is 9.96. The Morgan fingerprint density at radius 1 is 1.40 bits per heavy atom. The van der Waals surface area contributed by atoms with Gasteiger partial charge in [0.1, 0.15) is 0 Å². The van der Waals surface area contributed by atoms with Gasteiger partial charge in [-0.1, -0.05) is 5.16 Å². The first-order chi connectivity index (χ1) is 12.0. The summed E-state index contributed by atoms with van der Waals surface area (Å²) in [4.78, 5) is 43.6. The van der Waals surface area contributed by atoms with Crippen molar-refractivity contribution in [3.63, 3.8) is 0 Å². The van der Waals surface area contributed by atoms with Crippen LogP contribution in [0.2, 0.25) is 0 Å². The summed E-state index contributed by atoms with van der Waals surface area (Å²) in [6.45, 7) is 2.82. The summed E-state index contributed by atoms with van der Waals surface area (Å²) in [7, 11) is 0. The maximum Gasteiger partial charge on any atom is 0.259 e. The van der Waals surface area contributed by atoms with E-state index in [-0.39, 0.29) is 41.6 Å². The van der Waals surface area contributed by atoms with E-state index in [2.05, 4.69) is 20.4 Å². The molecule has 1 aliphatic heterocycles. The summed E-state index contributed by atoms with van der Waals surface area (Å²) in [5, 5.41) is 6.53. The average Bonchev–Trinajstić information content (AvgIpc) is 3.09. The van der Waals surface area contributed by atoms with Gasteiger partial charge in [-0.2, -0.15) is 4.98 Å². The molecule has 1 fully saturated rings. The first-order valence-electron chi connectivity index (χ1n) is 8.08. The number of nitrogens with zero attached hydrogens (tertiary/aromatic N) is 3. The van der Waals surface area contributed by atoms with Crippen LogP contribution in [0.15, 0.2) is 27.6 Å². The third-order valence-corrected chi connectivity index (χ3v) is 4.25. The van der Waals surface area contributed by atoms with E-state index in [4.69, 9.17) is 4.52 Å². The fraction of sp³-hybridized carbons (Fsp3) is 0.438. The maximum atomic E-state index is 12.2. The van der Waals surface area contributed by atoms with E-state index in [0.29, 0.717) is 31.5 Å².